The molecule has 0 spiro atoms. The van der Waals surface area contributed by atoms with E-state index in [1.807, 2.05) is 24.5 Å². The predicted molar refractivity (Wildman–Crippen MR) is 101 cm³/mol. The number of hydrogen-bond acceptors (Lipinski definition) is 3. The summed E-state index contributed by atoms with van der Waals surface area (Å²) in [6.07, 6.45) is 5.23. The second-order valence-corrected chi connectivity index (χ2v) is 6.77. The molecule has 0 aliphatic carbocycles. The number of nitrogens with zero attached hydrogens (tertiary/aromatic N) is 3. The van der Waals surface area contributed by atoms with Gasteiger partial charge in [0.2, 0.25) is 0 Å². The van der Waals surface area contributed by atoms with E-state index >= 15 is 0 Å². The van der Waals surface area contributed by atoms with E-state index in [9.17, 15) is 9.18 Å². The molecule has 0 bridgehead atoms. The summed E-state index contributed by atoms with van der Waals surface area (Å²) in [5.74, 6) is -0.343. The molecule has 2 aromatic rings. The van der Waals surface area contributed by atoms with Crippen LogP contribution in [0.15, 0.2) is 35.4 Å². The summed E-state index contributed by atoms with van der Waals surface area (Å²) in [7, 11) is 0. The van der Waals surface area contributed by atoms with Crippen molar-refractivity contribution in [1.29, 1.82) is 0 Å². The third kappa shape index (κ3) is 4.38. The first kappa shape index (κ1) is 18.3. The second kappa shape index (κ2) is 8.27. The quantitative estimate of drug-likeness (QED) is 0.661. The molecule has 0 atom stereocenters. The van der Waals surface area contributed by atoms with Crippen LogP contribution in [0.2, 0.25) is 0 Å². The van der Waals surface area contributed by atoms with E-state index < -0.39 is 0 Å². The number of carbonyl (C=O) groups excluding carboxylic acids is 1. The van der Waals surface area contributed by atoms with Crippen molar-refractivity contribution in [2.24, 2.45) is 5.10 Å². The summed E-state index contributed by atoms with van der Waals surface area (Å²) in [6.45, 7) is 6.33. The molecule has 1 N–H and O–H groups in total. The second-order valence-electron chi connectivity index (χ2n) is 6.77. The van der Waals surface area contributed by atoms with Crippen LogP contribution in [0.25, 0.3) is 5.69 Å². The Morgan fingerprint density at radius 3 is 2.58 bits per heavy atom. The molecule has 0 saturated carbocycles. The zero-order valence-corrected chi connectivity index (χ0v) is 15.3. The van der Waals surface area contributed by atoms with Gasteiger partial charge in [-0.25, -0.2) is 9.82 Å². The molecule has 1 fully saturated rings. The highest BCUT2D eigenvalue weighted by Crippen LogP contribution is 2.20. The fraction of sp³-hybridized carbons (Fsp3) is 0.400. The molecular formula is C20H25FN4O. The van der Waals surface area contributed by atoms with Crippen LogP contribution in [-0.2, 0) is 4.79 Å². The van der Waals surface area contributed by atoms with Crippen molar-refractivity contribution < 1.29 is 9.18 Å². The molecule has 1 aromatic carbocycles. The van der Waals surface area contributed by atoms with Gasteiger partial charge in [-0.15, -0.1) is 0 Å². The highest BCUT2D eigenvalue weighted by atomic mass is 19.1. The zero-order chi connectivity index (χ0) is 18.5. The molecule has 5 nitrogen and oxygen atoms in total. The molecule has 1 saturated heterocycles. The Morgan fingerprint density at radius 1 is 1.19 bits per heavy atom. The largest absolute Gasteiger partial charge is 0.318 e. The SMILES string of the molecule is Cc1cc(/C=N\NC(=O)CN2CCCCC2)c(C)n1-c1ccc(F)cc1. The van der Waals surface area contributed by atoms with Crippen LogP contribution in [-0.4, -0.2) is 41.2 Å². The number of aromatic nitrogens is 1. The minimum absolute atomic E-state index is 0.0875. The highest BCUT2D eigenvalue weighted by Gasteiger charge is 2.13. The van der Waals surface area contributed by atoms with Crippen molar-refractivity contribution in [3.05, 3.63) is 53.1 Å². The Balaban J connectivity index is 1.64. The van der Waals surface area contributed by atoms with Gasteiger partial charge in [0.25, 0.3) is 5.91 Å². The summed E-state index contributed by atoms with van der Waals surface area (Å²) in [5, 5.41) is 4.11. The molecule has 1 aromatic heterocycles. The lowest BCUT2D eigenvalue weighted by atomic mass is 10.1. The first-order valence-corrected chi connectivity index (χ1v) is 9.04. The number of piperidine rings is 1. The molecule has 26 heavy (non-hydrogen) atoms. The van der Waals surface area contributed by atoms with E-state index in [0.717, 1.165) is 48.6 Å². The molecule has 1 aliphatic heterocycles. The summed E-state index contributed by atoms with van der Waals surface area (Å²) in [6, 6.07) is 8.39. The Bertz CT molecular complexity index is 789. The van der Waals surface area contributed by atoms with Gasteiger partial charge in [0, 0.05) is 22.6 Å². The molecular weight excluding hydrogens is 331 g/mol. The highest BCUT2D eigenvalue weighted by molar-refractivity contribution is 5.84. The lowest BCUT2D eigenvalue weighted by Crippen LogP contribution is -2.38. The third-order valence-electron chi connectivity index (χ3n) is 4.76. The molecule has 0 unspecified atom stereocenters. The molecule has 1 aliphatic rings. The van der Waals surface area contributed by atoms with E-state index in [1.165, 1.54) is 18.6 Å². The van der Waals surface area contributed by atoms with Gasteiger partial charge in [-0.05, 0) is 70.1 Å². The number of carbonyl (C=O) groups is 1. The van der Waals surface area contributed by atoms with E-state index in [1.54, 1.807) is 18.3 Å². The van der Waals surface area contributed by atoms with Gasteiger partial charge < -0.3 is 4.57 Å². The number of hydrazone groups is 1. The van der Waals surface area contributed by atoms with Crippen LogP contribution in [0.3, 0.4) is 0 Å². The first-order chi connectivity index (χ1) is 12.5. The van der Waals surface area contributed by atoms with Gasteiger partial charge in [-0.1, -0.05) is 6.42 Å². The molecule has 3 rings (SSSR count). The maximum absolute atomic E-state index is 13.1. The van der Waals surface area contributed by atoms with Crippen molar-refractivity contribution in [2.75, 3.05) is 19.6 Å². The minimum atomic E-state index is -0.255. The minimum Gasteiger partial charge on any atom is -0.318 e. The lowest BCUT2D eigenvalue weighted by Gasteiger charge is -2.25. The normalized spacial score (nSPS) is 15.5. The smallest absolute Gasteiger partial charge is 0.254 e. The number of hydrogen-bond donors (Lipinski definition) is 1. The molecule has 0 radical (unpaired) electrons. The maximum atomic E-state index is 13.1. The van der Waals surface area contributed by atoms with Gasteiger partial charge in [-0.2, -0.15) is 5.10 Å². The van der Waals surface area contributed by atoms with Gasteiger partial charge >= 0.3 is 0 Å². The van der Waals surface area contributed by atoms with E-state index in [0.29, 0.717) is 6.54 Å². The number of likely N-dealkylation sites (tertiary alicyclic amines) is 1. The van der Waals surface area contributed by atoms with Crippen LogP contribution in [0.4, 0.5) is 4.39 Å². The topological polar surface area (TPSA) is 49.6 Å². The van der Waals surface area contributed by atoms with Crippen molar-refractivity contribution in [3.8, 4) is 5.69 Å². The van der Waals surface area contributed by atoms with Gasteiger partial charge in [0.15, 0.2) is 0 Å². The van der Waals surface area contributed by atoms with E-state index in [-0.39, 0.29) is 11.7 Å². The number of halogens is 1. The van der Waals surface area contributed by atoms with E-state index in [4.69, 9.17) is 0 Å². The maximum Gasteiger partial charge on any atom is 0.254 e. The first-order valence-electron chi connectivity index (χ1n) is 9.04. The number of benzene rings is 1. The molecule has 6 heteroatoms. The fourth-order valence-electron chi connectivity index (χ4n) is 3.44. The summed E-state index contributed by atoms with van der Waals surface area (Å²) >= 11 is 0. The number of amides is 1. The third-order valence-corrected chi connectivity index (χ3v) is 4.76. The van der Waals surface area contributed by atoms with Crippen molar-refractivity contribution in [2.45, 2.75) is 33.1 Å². The fourth-order valence-corrected chi connectivity index (χ4v) is 3.44. The average Bonchev–Trinajstić information content (AvgIpc) is 2.90. The van der Waals surface area contributed by atoms with Crippen molar-refractivity contribution in [1.82, 2.24) is 14.9 Å². The summed E-state index contributed by atoms with van der Waals surface area (Å²) in [5.41, 5.74) is 6.44. The van der Waals surface area contributed by atoms with Crippen molar-refractivity contribution >= 4 is 12.1 Å². The van der Waals surface area contributed by atoms with Gasteiger partial charge in [0.05, 0.1) is 12.8 Å². The van der Waals surface area contributed by atoms with Gasteiger partial charge in [-0.3, -0.25) is 9.69 Å². The van der Waals surface area contributed by atoms with Crippen LogP contribution in [0.1, 0.15) is 36.2 Å². The van der Waals surface area contributed by atoms with Crippen LogP contribution in [0, 0.1) is 19.7 Å². The monoisotopic (exact) mass is 356 g/mol. The van der Waals surface area contributed by atoms with Crippen LogP contribution in [0.5, 0.6) is 0 Å². The van der Waals surface area contributed by atoms with Crippen LogP contribution < -0.4 is 5.43 Å². The Morgan fingerprint density at radius 2 is 1.88 bits per heavy atom. The summed E-state index contributed by atoms with van der Waals surface area (Å²) < 4.78 is 15.2. The Hall–Kier alpha value is -2.47. The number of rotatable bonds is 5. The number of nitrogens with one attached hydrogen (secondary N) is 1. The van der Waals surface area contributed by atoms with Crippen LogP contribution >= 0.6 is 0 Å². The lowest BCUT2D eigenvalue weighted by molar-refractivity contribution is -0.122. The van der Waals surface area contributed by atoms with E-state index in [2.05, 4.69) is 15.4 Å². The molecule has 1 amide bonds. The Labute approximate surface area is 153 Å². The molecule has 2 heterocycles. The standard InChI is InChI=1S/C20H25FN4O/c1-15-12-17(16(2)25(15)19-8-6-18(21)7-9-19)13-22-23-20(26)14-24-10-4-3-5-11-24/h6-9,12-13H,3-5,10-11,14H2,1-2H3,(H,23,26)/b22-13-. The zero-order valence-electron chi connectivity index (χ0n) is 15.3. The van der Waals surface area contributed by atoms with Crippen molar-refractivity contribution in [3.63, 3.8) is 0 Å². The number of aryl methyl sites for hydroxylation is 1. The predicted octanol–water partition coefficient (Wildman–Crippen LogP) is 3.17. The average molecular weight is 356 g/mol. The molecule has 138 valence electrons. The Kier molecular flexibility index (Phi) is 5.83. The summed E-state index contributed by atoms with van der Waals surface area (Å²) in [4.78, 5) is 14.2. The van der Waals surface area contributed by atoms with Gasteiger partial charge in [0.1, 0.15) is 5.82 Å².